The second-order valence-corrected chi connectivity index (χ2v) is 8.75. The van der Waals surface area contributed by atoms with Crippen molar-refractivity contribution in [1.82, 2.24) is 9.97 Å². The van der Waals surface area contributed by atoms with Crippen LogP contribution in [0.2, 0.25) is 0 Å². The molecule has 0 N–H and O–H groups in total. The van der Waals surface area contributed by atoms with Crippen LogP contribution in [-0.4, -0.2) is 24.6 Å². The monoisotopic (exact) mass is 444 g/mol. The van der Waals surface area contributed by atoms with Crippen LogP contribution < -0.4 is 4.74 Å². The molecule has 0 amide bonds. The Balaban J connectivity index is 1.80. The van der Waals surface area contributed by atoms with E-state index in [1.54, 1.807) is 36.4 Å². The molecular weight excluding hydrogens is 429 g/mol. The highest BCUT2D eigenvalue weighted by molar-refractivity contribution is 7.90. The van der Waals surface area contributed by atoms with Crippen LogP contribution in [0.1, 0.15) is 5.56 Å². The van der Waals surface area contributed by atoms with Crippen molar-refractivity contribution < 1.29 is 26.3 Å². The number of sulfone groups is 1. The summed E-state index contributed by atoms with van der Waals surface area (Å²) < 4.78 is 69.9. The predicted octanol–water partition coefficient (Wildman–Crippen LogP) is 5.51. The summed E-state index contributed by atoms with van der Waals surface area (Å²) in [5, 5.41) is 0.242. The molecule has 4 aromatic rings. The van der Waals surface area contributed by atoms with Crippen molar-refractivity contribution in [3.8, 4) is 22.8 Å². The van der Waals surface area contributed by atoms with Crippen LogP contribution in [0.5, 0.6) is 11.5 Å². The molecule has 158 valence electrons. The first-order chi connectivity index (χ1) is 14.6. The van der Waals surface area contributed by atoms with Crippen LogP contribution in [-0.2, 0) is 16.0 Å². The van der Waals surface area contributed by atoms with E-state index in [0.29, 0.717) is 17.0 Å². The van der Waals surface area contributed by atoms with Crippen molar-refractivity contribution in [2.24, 2.45) is 0 Å². The Labute approximate surface area is 176 Å². The van der Waals surface area contributed by atoms with E-state index < -0.39 is 21.6 Å². The zero-order valence-corrected chi connectivity index (χ0v) is 16.9. The fraction of sp³-hybridized carbons (Fsp3) is 0.0909. The van der Waals surface area contributed by atoms with E-state index in [-0.39, 0.29) is 21.5 Å². The molecular formula is C22H15F3N2O3S. The highest BCUT2D eigenvalue weighted by atomic mass is 32.2. The average molecular weight is 444 g/mol. The van der Waals surface area contributed by atoms with E-state index >= 15 is 0 Å². The van der Waals surface area contributed by atoms with Crippen LogP contribution in [0.25, 0.3) is 22.2 Å². The molecule has 0 fully saturated rings. The Morgan fingerprint density at radius 3 is 2.39 bits per heavy atom. The number of rotatable bonds is 4. The molecule has 4 rings (SSSR count). The van der Waals surface area contributed by atoms with Crippen LogP contribution in [0.15, 0.2) is 78.0 Å². The van der Waals surface area contributed by atoms with Crippen molar-refractivity contribution in [3.63, 3.8) is 0 Å². The van der Waals surface area contributed by atoms with E-state index in [2.05, 4.69) is 9.97 Å². The molecule has 5 nitrogen and oxygen atoms in total. The summed E-state index contributed by atoms with van der Waals surface area (Å²) >= 11 is 0. The summed E-state index contributed by atoms with van der Waals surface area (Å²) in [6.07, 6.45) is -2.39. The lowest BCUT2D eigenvalue weighted by Crippen LogP contribution is -2.07. The average Bonchev–Trinajstić information content (AvgIpc) is 2.72. The molecule has 0 saturated heterocycles. The number of hydrogen-bond acceptors (Lipinski definition) is 5. The number of halogens is 3. The van der Waals surface area contributed by atoms with Crippen LogP contribution in [0.3, 0.4) is 0 Å². The van der Waals surface area contributed by atoms with E-state index in [1.807, 2.05) is 0 Å². The number of hydrogen-bond donors (Lipinski definition) is 0. The Morgan fingerprint density at radius 1 is 0.903 bits per heavy atom. The molecule has 0 aliphatic carbocycles. The second kappa shape index (κ2) is 7.66. The lowest BCUT2D eigenvalue weighted by Gasteiger charge is -2.13. The molecule has 0 aliphatic heterocycles. The zero-order valence-electron chi connectivity index (χ0n) is 16.1. The Kier molecular flexibility index (Phi) is 5.14. The molecule has 31 heavy (non-hydrogen) atoms. The van der Waals surface area contributed by atoms with Gasteiger partial charge < -0.3 is 4.74 Å². The minimum Gasteiger partial charge on any atom is -0.456 e. The first-order valence-electron chi connectivity index (χ1n) is 9.03. The van der Waals surface area contributed by atoms with Gasteiger partial charge in [-0.15, -0.1) is 0 Å². The zero-order chi connectivity index (χ0) is 22.2. The van der Waals surface area contributed by atoms with Gasteiger partial charge in [-0.3, -0.25) is 0 Å². The number of nitrogens with zero attached hydrogens (tertiary/aromatic N) is 2. The predicted molar refractivity (Wildman–Crippen MR) is 110 cm³/mol. The number of para-hydroxylation sites is 2. The highest BCUT2D eigenvalue weighted by Crippen LogP contribution is 2.37. The number of aromatic nitrogens is 2. The molecule has 0 radical (unpaired) electrons. The van der Waals surface area contributed by atoms with Crippen molar-refractivity contribution in [2.75, 3.05) is 6.26 Å². The molecule has 0 bridgehead atoms. The van der Waals surface area contributed by atoms with Crippen molar-refractivity contribution in [2.45, 2.75) is 11.1 Å². The molecule has 0 atom stereocenters. The summed E-state index contributed by atoms with van der Waals surface area (Å²) in [6.45, 7) is 0. The van der Waals surface area contributed by atoms with Crippen LogP contribution in [0, 0.1) is 0 Å². The maximum absolute atomic E-state index is 13.4. The molecule has 0 spiro atoms. The van der Waals surface area contributed by atoms with Crippen LogP contribution in [0.4, 0.5) is 13.2 Å². The molecule has 1 heterocycles. The summed E-state index contributed by atoms with van der Waals surface area (Å²) in [5.41, 5.74) is -0.240. The fourth-order valence-electron chi connectivity index (χ4n) is 3.22. The molecule has 0 saturated carbocycles. The molecule has 0 unspecified atom stereocenters. The molecule has 1 aromatic heterocycles. The molecule has 9 heteroatoms. The van der Waals surface area contributed by atoms with E-state index in [4.69, 9.17) is 4.74 Å². The minimum atomic E-state index is -4.55. The lowest BCUT2D eigenvalue weighted by atomic mass is 10.0. The highest BCUT2D eigenvalue weighted by Gasteiger charge is 2.33. The Morgan fingerprint density at radius 2 is 1.65 bits per heavy atom. The third kappa shape index (κ3) is 4.22. The standard InChI is InChI=1S/C22H15F3N2O3S/c1-31(28,29)19-11-3-2-10-18(19)30-15-7-4-6-14(12-15)20-16-8-5-9-17(22(23,24)25)21(16)27-13-26-20/h2-13H,1H3. The van der Waals surface area contributed by atoms with Gasteiger partial charge in [0.25, 0.3) is 0 Å². The first kappa shape index (κ1) is 20.8. The van der Waals surface area contributed by atoms with E-state index in [9.17, 15) is 21.6 Å². The Hall–Kier alpha value is -3.46. The normalized spacial score (nSPS) is 12.1. The van der Waals surface area contributed by atoms with Gasteiger partial charge in [0.1, 0.15) is 22.7 Å². The summed E-state index contributed by atoms with van der Waals surface area (Å²) in [6, 6.07) is 16.5. The number of alkyl halides is 3. The maximum Gasteiger partial charge on any atom is 0.418 e. The van der Waals surface area contributed by atoms with Gasteiger partial charge in [0.05, 0.1) is 16.8 Å². The third-order valence-corrected chi connectivity index (χ3v) is 5.69. The third-order valence-electron chi connectivity index (χ3n) is 4.55. The largest absolute Gasteiger partial charge is 0.456 e. The number of ether oxygens (including phenoxy) is 1. The van der Waals surface area contributed by atoms with Gasteiger partial charge in [0, 0.05) is 17.2 Å². The van der Waals surface area contributed by atoms with Gasteiger partial charge in [0.2, 0.25) is 0 Å². The molecule has 0 aliphatic rings. The van der Waals surface area contributed by atoms with E-state index in [0.717, 1.165) is 18.6 Å². The smallest absolute Gasteiger partial charge is 0.418 e. The number of fused-ring (bicyclic) bond motifs is 1. The van der Waals surface area contributed by atoms with Gasteiger partial charge >= 0.3 is 6.18 Å². The Bertz CT molecular complexity index is 1390. The maximum atomic E-state index is 13.4. The van der Waals surface area contributed by atoms with Crippen molar-refractivity contribution in [3.05, 3.63) is 78.6 Å². The SMILES string of the molecule is CS(=O)(=O)c1ccccc1Oc1cccc(-c2ncnc3c(C(F)(F)F)cccc23)c1. The topological polar surface area (TPSA) is 69.2 Å². The quantitative estimate of drug-likeness (QED) is 0.415. The van der Waals surface area contributed by atoms with Gasteiger partial charge in [-0.05, 0) is 30.3 Å². The van der Waals surface area contributed by atoms with Crippen LogP contribution >= 0.6 is 0 Å². The van der Waals surface area contributed by atoms with Gasteiger partial charge in [-0.25, -0.2) is 18.4 Å². The fourth-order valence-corrected chi connectivity index (χ4v) is 4.02. The van der Waals surface area contributed by atoms with Crippen molar-refractivity contribution >= 4 is 20.7 Å². The first-order valence-corrected chi connectivity index (χ1v) is 10.9. The minimum absolute atomic E-state index is 0.0303. The van der Waals surface area contributed by atoms with Gasteiger partial charge in [-0.2, -0.15) is 13.2 Å². The van der Waals surface area contributed by atoms with Gasteiger partial charge in [0.15, 0.2) is 9.84 Å². The lowest BCUT2D eigenvalue weighted by molar-refractivity contribution is -0.136. The molecule has 3 aromatic carbocycles. The second-order valence-electron chi connectivity index (χ2n) is 6.77. The summed E-state index contributed by atoms with van der Waals surface area (Å²) in [4.78, 5) is 8.04. The summed E-state index contributed by atoms with van der Waals surface area (Å²) in [5.74, 6) is 0.460. The van der Waals surface area contributed by atoms with Gasteiger partial charge in [-0.1, -0.05) is 36.4 Å². The summed E-state index contributed by atoms with van der Waals surface area (Å²) in [7, 11) is -3.52. The van der Waals surface area contributed by atoms with Crippen molar-refractivity contribution in [1.29, 1.82) is 0 Å². The number of benzene rings is 3. The van der Waals surface area contributed by atoms with E-state index in [1.165, 1.54) is 24.3 Å².